The van der Waals surface area contributed by atoms with E-state index < -0.39 is 0 Å². The number of nitrogen functional groups attached to an aromatic ring is 1. The second-order valence-corrected chi connectivity index (χ2v) is 5.43. The molecule has 0 saturated heterocycles. The zero-order valence-corrected chi connectivity index (χ0v) is 12.4. The summed E-state index contributed by atoms with van der Waals surface area (Å²) in [5, 5.41) is 0. The highest BCUT2D eigenvalue weighted by Crippen LogP contribution is 2.31. The molecule has 0 aromatic heterocycles. The summed E-state index contributed by atoms with van der Waals surface area (Å²) in [5.41, 5.74) is 8.38. The lowest BCUT2D eigenvalue weighted by Crippen LogP contribution is -1.97. The fraction of sp³-hybridized carbons (Fsp3) is 0.188. The Labute approximate surface area is 123 Å². The van der Waals surface area contributed by atoms with Gasteiger partial charge in [-0.05, 0) is 37.3 Å². The van der Waals surface area contributed by atoms with Crippen molar-refractivity contribution in [2.75, 3.05) is 12.8 Å². The van der Waals surface area contributed by atoms with Gasteiger partial charge in [0.2, 0.25) is 0 Å². The molecule has 0 radical (unpaired) electrons. The fourth-order valence-corrected chi connectivity index (χ4v) is 2.82. The van der Waals surface area contributed by atoms with E-state index in [9.17, 15) is 4.79 Å². The van der Waals surface area contributed by atoms with Crippen molar-refractivity contribution < 1.29 is 9.53 Å². The van der Waals surface area contributed by atoms with Crippen molar-refractivity contribution in [1.82, 2.24) is 0 Å². The van der Waals surface area contributed by atoms with Crippen LogP contribution in [0, 0.1) is 0 Å². The molecular weight excluding hydrogens is 270 g/mol. The van der Waals surface area contributed by atoms with Crippen molar-refractivity contribution in [3.05, 3.63) is 53.6 Å². The van der Waals surface area contributed by atoms with E-state index in [1.807, 2.05) is 36.4 Å². The predicted octanol–water partition coefficient (Wildman–Crippen LogP) is 3.77. The van der Waals surface area contributed by atoms with Crippen molar-refractivity contribution in [3.8, 4) is 5.75 Å². The number of carbonyl (C=O) groups is 1. The first-order valence-corrected chi connectivity index (χ1v) is 7.25. The Morgan fingerprint density at radius 3 is 2.65 bits per heavy atom. The number of ether oxygens (including phenoxy) is 1. The number of hydrogen-bond acceptors (Lipinski definition) is 4. The third-order valence-corrected chi connectivity index (χ3v) is 4.13. The summed E-state index contributed by atoms with van der Waals surface area (Å²) in [6.07, 6.45) is 0. The van der Waals surface area contributed by atoms with Crippen LogP contribution in [-0.4, -0.2) is 12.9 Å². The van der Waals surface area contributed by atoms with Gasteiger partial charge in [0.1, 0.15) is 5.75 Å². The highest BCUT2D eigenvalue weighted by atomic mass is 32.2. The van der Waals surface area contributed by atoms with Crippen molar-refractivity contribution in [3.63, 3.8) is 0 Å². The average molecular weight is 287 g/mol. The summed E-state index contributed by atoms with van der Waals surface area (Å²) in [6, 6.07) is 13.2. The number of para-hydroxylation sites is 1. The van der Waals surface area contributed by atoms with E-state index in [0.717, 1.165) is 21.9 Å². The van der Waals surface area contributed by atoms with Crippen LogP contribution in [0.3, 0.4) is 0 Å². The molecule has 0 spiro atoms. The molecule has 0 amide bonds. The molecule has 2 aromatic rings. The number of benzene rings is 2. The van der Waals surface area contributed by atoms with Crippen LogP contribution in [0.2, 0.25) is 0 Å². The van der Waals surface area contributed by atoms with Crippen LogP contribution in [0.15, 0.2) is 47.4 Å². The van der Waals surface area contributed by atoms with Crippen molar-refractivity contribution >= 4 is 23.2 Å². The van der Waals surface area contributed by atoms with Gasteiger partial charge in [0.25, 0.3) is 0 Å². The van der Waals surface area contributed by atoms with E-state index in [1.54, 1.807) is 31.9 Å². The molecule has 0 saturated carbocycles. The maximum absolute atomic E-state index is 11.5. The summed E-state index contributed by atoms with van der Waals surface area (Å²) in [7, 11) is 1.63. The van der Waals surface area contributed by atoms with E-state index >= 15 is 0 Å². The fourth-order valence-electron chi connectivity index (χ4n) is 1.88. The van der Waals surface area contributed by atoms with E-state index in [0.29, 0.717) is 11.3 Å². The zero-order valence-electron chi connectivity index (χ0n) is 11.6. The minimum atomic E-state index is 0.0538. The molecule has 0 aliphatic heterocycles. The lowest BCUT2D eigenvalue weighted by molar-refractivity contribution is 0.101. The van der Waals surface area contributed by atoms with Gasteiger partial charge < -0.3 is 10.5 Å². The van der Waals surface area contributed by atoms with Crippen LogP contribution in [-0.2, 0) is 5.75 Å². The second kappa shape index (κ2) is 6.48. The molecule has 0 bridgehead atoms. The minimum absolute atomic E-state index is 0.0538. The number of hydrogen-bond donors (Lipinski definition) is 1. The third kappa shape index (κ3) is 3.33. The average Bonchev–Trinajstić information content (AvgIpc) is 2.46. The summed E-state index contributed by atoms with van der Waals surface area (Å²) >= 11 is 1.63. The number of nitrogens with two attached hydrogens (primary N) is 1. The van der Waals surface area contributed by atoms with E-state index in [-0.39, 0.29) is 5.78 Å². The monoisotopic (exact) mass is 287 g/mol. The number of methoxy groups -OCH3 is 1. The Bertz CT molecular complexity index is 626. The number of Topliss-reactive ketones (excluding diaryl/α,β-unsaturated/α-hetero) is 1. The first-order valence-electron chi connectivity index (χ1n) is 6.27. The Morgan fingerprint density at radius 2 is 2.00 bits per heavy atom. The Morgan fingerprint density at radius 1 is 1.25 bits per heavy atom. The molecule has 0 aliphatic rings. The largest absolute Gasteiger partial charge is 0.496 e. The van der Waals surface area contributed by atoms with Gasteiger partial charge >= 0.3 is 0 Å². The lowest BCUT2D eigenvalue weighted by atomic mass is 10.1. The standard InChI is InChI=1S/C16H17NO2S/c1-11(18)12-7-8-15(19-2)13(9-12)10-20-16-6-4-3-5-14(16)17/h3-9H,10,17H2,1-2H3. The van der Waals surface area contributed by atoms with Crippen LogP contribution >= 0.6 is 11.8 Å². The van der Waals surface area contributed by atoms with E-state index in [1.165, 1.54) is 0 Å². The first kappa shape index (κ1) is 14.5. The number of carbonyl (C=O) groups excluding carboxylic acids is 1. The van der Waals surface area contributed by atoms with Gasteiger partial charge in [0, 0.05) is 27.5 Å². The molecule has 0 aliphatic carbocycles. The molecule has 3 nitrogen and oxygen atoms in total. The first-order chi connectivity index (χ1) is 9.61. The van der Waals surface area contributed by atoms with Crippen molar-refractivity contribution in [2.24, 2.45) is 0 Å². The Balaban J connectivity index is 2.22. The van der Waals surface area contributed by atoms with Crippen LogP contribution in [0.4, 0.5) is 5.69 Å². The number of ketones is 1. The normalized spacial score (nSPS) is 10.3. The molecule has 0 atom stereocenters. The van der Waals surface area contributed by atoms with Crippen LogP contribution < -0.4 is 10.5 Å². The third-order valence-electron chi connectivity index (χ3n) is 2.99. The topological polar surface area (TPSA) is 52.3 Å². The molecule has 4 heteroatoms. The number of anilines is 1. The Kier molecular flexibility index (Phi) is 4.69. The summed E-state index contributed by atoms with van der Waals surface area (Å²) in [4.78, 5) is 12.5. The summed E-state index contributed by atoms with van der Waals surface area (Å²) < 4.78 is 5.34. The van der Waals surface area contributed by atoms with Gasteiger partial charge in [-0.2, -0.15) is 0 Å². The number of thioether (sulfide) groups is 1. The molecule has 0 unspecified atom stereocenters. The van der Waals surface area contributed by atoms with Crippen LogP contribution in [0.25, 0.3) is 0 Å². The molecule has 2 aromatic carbocycles. The van der Waals surface area contributed by atoms with E-state index in [2.05, 4.69) is 0 Å². The van der Waals surface area contributed by atoms with Gasteiger partial charge in [-0.25, -0.2) is 0 Å². The molecule has 0 fully saturated rings. The van der Waals surface area contributed by atoms with Crippen LogP contribution in [0.5, 0.6) is 5.75 Å². The zero-order chi connectivity index (χ0) is 14.5. The van der Waals surface area contributed by atoms with Crippen molar-refractivity contribution in [2.45, 2.75) is 17.6 Å². The molecule has 20 heavy (non-hydrogen) atoms. The molecular formula is C16H17NO2S. The molecule has 2 N–H and O–H groups in total. The van der Waals surface area contributed by atoms with Gasteiger partial charge in [-0.15, -0.1) is 11.8 Å². The van der Waals surface area contributed by atoms with Gasteiger partial charge in [-0.1, -0.05) is 12.1 Å². The van der Waals surface area contributed by atoms with Crippen molar-refractivity contribution in [1.29, 1.82) is 0 Å². The maximum Gasteiger partial charge on any atom is 0.159 e. The summed E-state index contributed by atoms with van der Waals surface area (Å²) in [6.45, 7) is 1.56. The highest BCUT2D eigenvalue weighted by Gasteiger charge is 2.08. The second-order valence-electron chi connectivity index (χ2n) is 4.41. The lowest BCUT2D eigenvalue weighted by Gasteiger charge is -2.10. The number of rotatable bonds is 5. The Hall–Kier alpha value is -1.94. The molecule has 104 valence electrons. The molecule has 2 rings (SSSR count). The van der Waals surface area contributed by atoms with Crippen LogP contribution in [0.1, 0.15) is 22.8 Å². The van der Waals surface area contributed by atoms with Gasteiger partial charge in [-0.3, -0.25) is 4.79 Å². The highest BCUT2D eigenvalue weighted by molar-refractivity contribution is 7.98. The maximum atomic E-state index is 11.5. The summed E-state index contributed by atoms with van der Waals surface area (Å²) in [5.74, 6) is 1.55. The quantitative estimate of drug-likeness (QED) is 0.516. The smallest absolute Gasteiger partial charge is 0.159 e. The predicted molar refractivity (Wildman–Crippen MR) is 83.4 cm³/mol. The van der Waals surface area contributed by atoms with Gasteiger partial charge in [0.05, 0.1) is 7.11 Å². The van der Waals surface area contributed by atoms with Gasteiger partial charge in [0.15, 0.2) is 5.78 Å². The SMILES string of the molecule is COc1ccc(C(C)=O)cc1CSc1ccccc1N. The minimum Gasteiger partial charge on any atom is -0.496 e. The van der Waals surface area contributed by atoms with E-state index in [4.69, 9.17) is 10.5 Å². The molecule has 0 heterocycles.